The summed E-state index contributed by atoms with van der Waals surface area (Å²) in [5.41, 5.74) is 2.59. The molecule has 0 aliphatic carbocycles. The number of aryl methyl sites for hydroxylation is 1. The SMILES string of the molecule is [2H]c1nc(-c2[c-]c(-c3cccc4c3nc(-c3ccccc3O)n4-c3ccc(-c4ccccc4)cc3C([2H])([2H])[2H])cc(C(C)(C)C)c2)c([2H])c(-c2c([2H])c([2H])c(C([2H])([2H])[2H])c([2H])c2[2H])c1[2H].[Pt]. The van der Waals surface area contributed by atoms with E-state index in [1.54, 1.807) is 59.2 Å². The molecule has 0 radical (unpaired) electrons. The molecule has 6 aromatic carbocycles. The van der Waals surface area contributed by atoms with E-state index in [0.717, 1.165) is 11.1 Å². The van der Waals surface area contributed by atoms with Crippen molar-refractivity contribution in [2.24, 2.45) is 0 Å². The zero-order valence-electron chi connectivity index (χ0n) is 41.9. The second-order valence-electron chi connectivity index (χ2n) is 13.5. The van der Waals surface area contributed by atoms with Crippen LogP contribution in [0.5, 0.6) is 5.75 Å². The molecule has 0 spiro atoms. The molecular weight excluding hydrogens is 830 g/mol. The Hall–Kier alpha value is -5.57. The molecular formula is C48H40N3OPt-. The molecule has 264 valence electrons. The van der Waals surface area contributed by atoms with E-state index in [-0.39, 0.29) is 49.5 Å². The van der Waals surface area contributed by atoms with Crippen LogP contribution in [0.15, 0.2) is 146 Å². The quantitative estimate of drug-likeness (QED) is 0.169. The van der Waals surface area contributed by atoms with Crippen LogP contribution in [0, 0.1) is 19.8 Å². The molecule has 5 heteroatoms. The van der Waals surface area contributed by atoms with Crippen molar-refractivity contribution in [2.45, 2.75) is 39.9 Å². The molecule has 2 aromatic heterocycles. The predicted molar refractivity (Wildman–Crippen MR) is 215 cm³/mol. The van der Waals surface area contributed by atoms with Gasteiger partial charge < -0.3 is 5.11 Å². The van der Waals surface area contributed by atoms with E-state index in [2.05, 4.69) is 11.1 Å². The fraction of sp³-hybridized carbons (Fsp3) is 0.125. The Balaban J connectivity index is 0.00000648. The molecule has 0 aliphatic heterocycles. The summed E-state index contributed by atoms with van der Waals surface area (Å²) in [7, 11) is 0. The summed E-state index contributed by atoms with van der Waals surface area (Å²) in [6, 6.07) is 29.2. The number of imidazole rings is 1. The number of hydrogen-bond acceptors (Lipinski definition) is 3. The third kappa shape index (κ3) is 7.00. The first-order chi connectivity index (χ1) is 30.5. The van der Waals surface area contributed by atoms with Crippen LogP contribution in [-0.2, 0) is 26.5 Å². The Kier molecular flexibility index (Phi) is 6.32. The smallest absolute Gasteiger partial charge is 0.148 e. The van der Waals surface area contributed by atoms with Crippen molar-refractivity contribution in [3.05, 3.63) is 168 Å². The summed E-state index contributed by atoms with van der Waals surface area (Å²) in [6.07, 6.45) is -0.629. The minimum atomic E-state index is -2.99. The Labute approximate surface area is 344 Å². The molecule has 0 saturated carbocycles. The van der Waals surface area contributed by atoms with E-state index in [1.807, 2.05) is 63.2 Å². The number of phenols is 1. The minimum Gasteiger partial charge on any atom is -0.507 e. The van der Waals surface area contributed by atoms with Crippen molar-refractivity contribution < 1.29 is 44.0 Å². The largest absolute Gasteiger partial charge is 0.507 e. The predicted octanol–water partition coefficient (Wildman–Crippen LogP) is 12.2. The van der Waals surface area contributed by atoms with Crippen LogP contribution in [-0.4, -0.2) is 19.6 Å². The maximum Gasteiger partial charge on any atom is 0.148 e. The van der Waals surface area contributed by atoms with Gasteiger partial charge >= 0.3 is 0 Å². The molecule has 4 nitrogen and oxygen atoms in total. The summed E-state index contributed by atoms with van der Waals surface area (Å²) in [5.74, 6) is 0.166. The van der Waals surface area contributed by atoms with E-state index < -0.39 is 78.2 Å². The van der Waals surface area contributed by atoms with Crippen molar-refractivity contribution in [3.63, 3.8) is 0 Å². The van der Waals surface area contributed by atoms with E-state index in [9.17, 15) is 6.48 Å². The molecule has 0 unspecified atom stereocenters. The van der Waals surface area contributed by atoms with Gasteiger partial charge in [0, 0.05) is 41.2 Å². The first-order valence-electron chi connectivity index (χ1n) is 23.2. The number of phenolic OH excluding ortho intramolecular Hbond substituents is 1. The van der Waals surface area contributed by atoms with Gasteiger partial charge in [0.1, 0.15) is 11.6 Å². The molecule has 0 bridgehead atoms. The molecule has 8 rings (SSSR count). The fourth-order valence-electron chi connectivity index (χ4n) is 6.23. The summed E-state index contributed by atoms with van der Waals surface area (Å²) in [6.45, 7) is 0.341. The van der Waals surface area contributed by atoms with E-state index in [1.165, 1.54) is 6.07 Å². The van der Waals surface area contributed by atoms with E-state index >= 15 is 0 Å². The van der Waals surface area contributed by atoms with E-state index in [0.29, 0.717) is 39.0 Å². The average molecular weight is 883 g/mol. The number of benzene rings is 6. The number of fused-ring (bicyclic) bond motifs is 1. The number of rotatable bonds is 6. The van der Waals surface area contributed by atoms with Crippen LogP contribution >= 0.6 is 0 Å². The molecule has 8 aromatic rings. The summed E-state index contributed by atoms with van der Waals surface area (Å²) in [4.78, 5) is 9.46. The summed E-state index contributed by atoms with van der Waals surface area (Å²) < 4.78 is 113. The first kappa shape index (κ1) is 23.2. The second kappa shape index (κ2) is 14.5. The van der Waals surface area contributed by atoms with Crippen LogP contribution in [0.3, 0.4) is 0 Å². The first-order valence-corrected chi connectivity index (χ1v) is 16.7. The molecule has 2 heterocycles. The number of hydrogen-bond donors (Lipinski definition) is 1. The number of aromatic nitrogens is 3. The summed E-state index contributed by atoms with van der Waals surface area (Å²) >= 11 is 0. The van der Waals surface area contributed by atoms with Gasteiger partial charge in [-0.05, 0) is 83.3 Å². The van der Waals surface area contributed by atoms with Gasteiger partial charge in [0.15, 0.2) is 0 Å². The van der Waals surface area contributed by atoms with Crippen molar-refractivity contribution in [3.8, 4) is 67.5 Å². The number of para-hydroxylation sites is 2. The van der Waals surface area contributed by atoms with Gasteiger partial charge in [0.05, 0.1) is 31.9 Å². The maximum atomic E-state index is 11.3. The molecule has 1 N–H and O–H groups in total. The monoisotopic (exact) mass is 882 g/mol. The topological polar surface area (TPSA) is 50.9 Å². The maximum absolute atomic E-state index is 11.3. The molecule has 53 heavy (non-hydrogen) atoms. The Morgan fingerprint density at radius 1 is 0.717 bits per heavy atom. The third-order valence-corrected chi connectivity index (χ3v) is 8.92. The van der Waals surface area contributed by atoms with Crippen molar-refractivity contribution in [1.82, 2.24) is 14.5 Å². The van der Waals surface area contributed by atoms with Gasteiger partial charge in [0.25, 0.3) is 0 Å². The molecule has 0 saturated heterocycles. The Morgan fingerprint density at radius 2 is 1.47 bits per heavy atom. The zero-order chi connectivity index (χ0) is 47.1. The number of pyridine rings is 1. The van der Waals surface area contributed by atoms with Crippen LogP contribution in [0.25, 0.3) is 72.7 Å². The average Bonchev–Trinajstić information content (AvgIpc) is 3.64. The molecule has 0 fully saturated rings. The van der Waals surface area contributed by atoms with Gasteiger partial charge in [-0.3, -0.25) is 9.55 Å². The van der Waals surface area contributed by atoms with E-state index in [4.69, 9.17) is 21.4 Å². The van der Waals surface area contributed by atoms with Crippen LogP contribution in [0.4, 0.5) is 0 Å². The van der Waals surface area contributed by atoms with Crippen molar-refractivity contribution in [2.75, 3.05) is 0 Å². The second-order valence-corrected chi connectivity index (χ2v) is 13.5. The van der Waals surface area contributed by atoms with Crippen LogP contribution < -0.4 is 0 Å². The fourth-order valence-corrected chi connectivity index (χ4v) is 6.23. The normalized spacial score (nSPS) is 15.4. The summed E-state index contributed by atoms with van der Waals surface area (Å²) in [5, 5.41) is 11.3. The van der Waals surface area contributed by atoms with Crippen LogP contribution in [0.2, 0.25) is 0 Å². The minimum absolute atomic E-state index is 0. The molecule has 0 atom stereocenters. The Morgan fingerprint density at radius 3 is 2.23 bits per heavy atom. The third-order valence-electron chi connectivity index (χ3n) is 8.92. The molecule has 0 amide bonds. The van der Waals surface area contributed by atoms with Gasteiger partial charge in [-0.1, -0.05) is 128 Å². The molecule has 0 aliphatic rings. The number of aromatic hydroxyl groups is 1. The number of nitrogens with zero attached hydrogens (tertiary/aromatic N) is 3. The van der Waals surface area contributed by atoms with Crippen molar-refractivity contribution in [1.29, 1.82) is 0 Å². The van der Waals surface area contributed by atoms with Gasteiger partial charge in [-0.25, -0.2) is 4.98 Å². The Bertz CT molecular complexity index is 3180. The van der Waals surface area contributed by atoms with Gasteiger partial charge in [0.2, 0.25) is 0 Å². The standard InChI is InChI=1S/C48H40N3O.Pt/c1-31-18-20-34(21-19-31)36-24-25-49-42(30-36)38-27-37(28-39(29-38)48(3,4)5)40-15-11-16-44-46(40)50-47(41-14-9-10-17-45(41)52)51(44)43-23-22-35(26-32(43)2)33-12-7-6-8-13-33;/h6-26,28-30,52H,1-5H3;/q-1;/i1D3,2D3,18D,19D,20D,21D,24D,25D,30D;. The van der Waals surface area contributed by atoms with Gasteiger partial charge in [-0.2, -0.15) is 0 Å². The van der Waals surface area contributed by atoms with Crippen LogP contribution in [0.1, 0.15) is 55.3 Å². The van der Waals surface area contributed by atoms with Crippen molar-refractivity contribution >= 4 is 11.0 Å². The zero-order valence-corrected chi connectivity index (χ0v) is 31.2. The van der Waals surface area contributed by atoms with Gasteiger partial charge in [-0.15, -0.1) is 29.3 Å².